The summed E-state index contributed by atoms with van der Waals surface area (Å²) in [5, 5.41) is 0.253. The Hall–Kier alpha value is -0.240. The first kappa shape index (κ1) is 13.8. The summed E-state index contributed by atoms with van der Waals surface area (Å²) in [7, 11) is 0. The van der Waals surface area contributed by atoms with Gasteiger partial charge in [0.2, 0.25) is 0 Å². The number of ether oxygens (including phenoxy) is 1. The molecule has 0 bridgehead atoms. The molecule has 0 amide bonds. The van der Waals surface area contributed by atoms with Crippen LogP contribution < -0.4 is 4.74 Å². The van der Waals surface area contributed by atoms with E-state index < -0.39 is 6.61 Å². The zero-order valence-corrected chi connectivity index (χ0v) is 11.8. The number of carbonyl (C=O) groups is 1. The maximum absolute atomic E-state index is 12.0. The largest absolute Gasteiger partial charge is 0.435 e. The van der Waals surface area contributed by atoms with Crippen LogP contribution in [0.3, 0.4) is 0 Å². The Balaban J connectivity index is 2.85. The molecule has 6 heteroatoms. The van der Waals surface area contributed by atoms with Crippen molar-refractivity contribution in [2.24, 2.45) is 0 Å². The molecule has 1 rings (SSSR count). The third kappa shape index (κ3) is 4.73. The number of benzene rings is 1. The molecular formula is C10H8BrF2IO2. The average Bonchev–Trinajstić information content (AvgIpc) is 2.15. The van der Waals surface area contributed by atoms with Gasteiger partial charge >= 0.3 is 6.61 Å². The predicted molar refractivity (Wildman–Crippen MR) is 68.3 cm³/mol. The molecular weight excluding hydrogens is 397 g/mol. The van der Waals surface area contributed by atoms with Crippen LogP contribution in [0.5, 0.6) is 5.75 Å². The van der Waals surface area contributed by atoms with E-state index in [9.17, 15) is 13.6 Å². The summed E-state index contributed by atoms with van der Waals surface area (Å²) in [4.78, 5) is 11.2. The highest BCUT2D eigenvalue weighted by atomic mass is 127. The van der Waals surface area contributed by atoms with Crippen LogP contribution in [0.25, 0.3) is 0 Å². The second-order valence-corrected chi connectivity index (χ2v) is 4.83. The third-order valence-corrected chi connectivity index (χ3v) is 2.95. The van der Waals surface area contributed by atoms with Crippen LogP contribution in [0, 0.1) is 3.57 Å². The van der Waals surface area contributed by atoms with Gasteiger partial charge in [-0.3, -0.25) is 4.79 Å². The van der Waals surface area contributed by atoms with E-state index in [2.05, 4.69) is 20.7 Å². The topological polar surface area (TPSA) is 26.3 Å². The van der Waals surface area contributed by atoms with Crippen LogP contribution in [-0.2, 0) is 11.2 Å². The van der Waals surface area contributed by atoms with Crippen LogP contribution in [0.4, 0.5) is 8.78 Å². The van der Waals surface area contributed by atoms with Crippen molar-refractivity contribution in [3.05, 3.63) is 27.3 Å². The van der Waals surface area contributed by atoms with E-state index in [1.165, 1.54) is 12.1 Å². The molecule has 0 aromatic heterocycles. The van der Waals surface area contributed by atoms with Crippen LogP contribution in [0.2, 0.25) is 0 Å². The molecule has 0 atom stereocenters. The number of hydrogen-bond donors (Lipinski definition) is 0. The number of alkyl halides is 3. The number of hydrogen-bond acceptors (Lipinski definition) is 2. The van der Waals surface area contributed by atoms with Crippen molar-refractivity contribution in [2.75, 3.05) is 5.33 Å². The normalized spacial score (nSPS) is 10.6. The van der Waals surface area contributed by atoms with E-state index in [-0.39, 0.29) is 23.3 Å². The Morgan fingerprint density at radius 2 is 2.12 bits per heavy atom. The summed E-state index contributed by atoms with van der Waals surface area (Å²) in [6.45, 7) is -2.85. The molecule has 0 saturated heterocycles. The maximum Gasteiger partial charge on any atom is 0.387 e. The molecule has 0 aliphatic carbocycles. The standard InChI is InChI=1S/C10H8BrF2IO2/c11-5-8(15)2-6-1-7(14)4-9(3-6)16-10(12)13/h1,3-4,10H,2,5H2. The quantitative estimate of drug-likeness (QED) is 0.555. The number of Topliss-reactive ketones (excluding diaryl/α,β-unsaturated/α-hetero) is 1. The lowest BCUT2D eigenvalue weighted by Crippen LogP contribution is -2.06. The summed E-state index contributed by atoms with van der Waals surface area (Å²) in [6, 6.07) is 4.71. The lowest BCUT2D eigenvalue weighted by atomic mass is 10.1. The number of halogens is 4. The smallest absolute Gasteiger partial charge is 0.387 e. The van der Waals surface area contributed by atoms with Crippen molar-refractivity contribution in [3.8, 4) is 5.75 Å². The zero-order chi connectivity index (χ0) is 12.1. The van der Waals surface area contributed by atoms with Crippen LogP contribution in [0.1, 0.15) is 5.56 Å². The first-order valence-corrected chi connectivity index (χ1v) is 6.53. The minimum atomic E-state index is -2.85. The van der Waals surface area contributed by atoms with Gasteiger partial charge in [0.15, 0.2) is 0 Å². The summed E-state index contributed by atoms with van der Waals surface area (Å²) >= 11 is 5.04. The minimum Gasteiger partial charge on any atom is -0.435 e. The van der Waals surface area contributed by atoms with Crippen LogP contribution in [-0.4, -0.2) is 17.7 Å². The van der Waals surface area contributed by atoms with E-state index in [1.54, 1.807) is 6.07 Å². The number of carbonyl (C=O) groups excluding carboxylic acids is 1. The summed E-state index contributed by atoms with van der Waals surface area (Å²) in [6.07, 6.45) is 0.210. The summed E-state index contributed by atoms with van der Waals surface area (Å²) < 4.78 is 29.1. The molecule has 0 aliphatic rings. The van der Waals surface area contributed by atoms with Gasteiger partial charge in [0.05, 0.1) is 5.33 Å². The van der Waals surface area contributed by atoms with Gasteiger partial charge in [0.25, 0.3) is 0 Å². The maximum atomic E-state index is 12.0. The Labute approximate surface area is 114 Å². The monoisotopic (exact) mass is 404 g/mol. The second-order valence-electron chi connectivity index (χ2n) is 3.02. The first-order valence-electron chi connectivity index (χ1n) is 4.33. The van der Waals surface area contributed by atoms with Crippen LogP contribution in [0.15, 0.2) is 18.2 Å². The molecule has 1 aromatic rings. The van der Waals surface area contributed by atoms with E-state index in [4.69, 9.17) is 0 Å². The van der Waals surface area contributed by atoms with Gasteiger partial charge in [-0.05, 0) is 46.4 Å². The van der Waals surface area contributed by atoms with Crippen molar-refractivity contribution in [1.82, 2.24) is 0 Å². The SMILES string of the molecule is O=C(CBr)Cc1cc(I)cc(OC(F)F)c1. The van der Waals surface area contributed by atoms with Crippen molar-refractivity contribution < 1.29 is 18.3 Å². The van der Waals surface area contributed by atoms with Gasteiger partial charge < -0.3 is 4.74 Å². The second kappa shape index (κ2) is 6.48. The van der Waals surface area contributed by atoms with E-state index in [0.717, 1.165) is 3.57 Å². The van der Waals surface area contributed by atoms with Crippen molar-refractivity contribution in [3.63, 3.8) is 0 Å². The number of rotatable bonds is 5. The van der Waals surface area contributed by atoms with E-state index in [1.807, 2.05) is 22.6 Å². The van der Waals surface area contributed by atoms with Gasteiger partial charge in [-0.1, -0.05) is 15.9 Å². The van der Waals surface area contributed by atoms with Crippen molar-refractivity contribution >= 4 is 44.3 Å². The van der Waals surface area contributed by atoms with E-state index in [0.29, 0.717) is 5.56 Å². The molecule has 0 unspecified atom stereocenters. The molecule has 0 spiro atoms. The fourth-order valence-corrected chi connectivity index (χ4v) is 2.07. The van der Waals surface area contributed by atoms with Gasteiger partial charge in [0.1, 0.15) is 11.5 Å². The van der Waals surface area contributed by atoms with Crippen molar-refractivity contribution in [1.29, 1.82) is 0 Å². The highest BCUT2D eigenvalue weighted by Crippen LogP contribution is 2.21. The molecule has 1 aromatic carbocycles. The number of ketones is 1. The summed E-state index contributed by atoms with van der Waals surface area (Å²) in [5.41, 5.74) is 0.673. The van der Waals surface area contributed by atoms with Crippen LogP contribution >= 0.6 is 38.5 Å². The molecule has 88 valence electrons. The Bertz CT molecular complexity index is 385. The lowest BCUT2D eigenvalue weighted by molar-refractivity contribution is -0.115. The molecule has 0 N–H and O–H groups in total. The molecule has 0 aliphatic heterocycles. The molecule has 0 heterocycles. The van der Waals surface area contributed by atoms with Gasteiger partial charge in [-0.15, -0.1) is 0 Å². The predicted octanol–water partition coefficient (Wildman–Crippen LogP) is 3.40. The Kier molecular flexibility index (Phi) is 5.60. The first-order chi connectivity index (χ1) is 7.51. The Morgan fingerprint density at radius 3 is 2.69 bits per heavy atom. The molecule has 16 heavy (non-hydrogen) atoms. The lowest BCUT2D eigenvalue weighted by Gasteiger charge is -2.07. The molecule has 2 nitrogen and oxygen atoms in total. The average molecular weight is 405 g/mol. The molecule has 0 fully saturated rings. The minimum absolute atomic E-state index is 0.00926. The third-order valence-electron chi connectivity index (χ3n) is 1.71. The fourth-order valence-electron chi connectivity index (χ4n) is 1.17. The highest BCUT2D eigenvalue weighted by Gasteiger charge is 2.08. The fraction of sp³-hybridized carbons (Fsp3) is 0.300. The Morgan fingerprint density at radius 1 is 1.44 bits per heavy atom. The highest BCUT2D eigenvalue weighted by molar-refractivity contribution is 14.1. The zero-order valence-electron chi connectivity index (χ0n) is 8.05. The molecule has 0 saturated carbocycles. The summed E-state index contributed by atoms with van der Waals surface area (Å²) in [5.74, 6) is 0.0734. The van der Waals surface area contributed by atoms with Gasteiger partial charge in [0, 0.05) is 9.99 Å². The van der Waals surface area contributed by atoms with E-state index >= 15 is 0 Å². The van der Waals surface area contributed by atoms with Gasteiger partial charge in [-0.2, -0.15) is 8.78 Å². The van der Waals surface area contributed by atoms with Crippen molar-refractivity contribution in [2.45, 2.75) is 13.0 Å². The van der Waals surface area contributed by atoms with Gasteiger partial charge in [-0.25, -0.2) is 0 Å². The molecule has 0 radical (unpaired) electrons.